The number of nitrogens with zero attached hydrogens (tertiary/aromatic N) is 1. The Morgan fingerprint density at radius 3 is 2.60 bits per heavy atom. The summed E-state index contributed by atoms with van der Waals surface area (Å²) in [6.07, 6.45) is 0.754. The highest BCUT2D eigenvalue weighted by molar-refractivity contribution is 8.00. The van der Waals surface area contributed by atoms with Crippen LogP contribution in [-0.2, 0) is 4.79 Å². The monoisotopic (exact) mass is 362 g/mol. The molecule has 0 aliphatic heterocycles. The first-order valence-corrected chi connectivity index (χ1v) is 9.08. The van der Waals surface area contributed by atoms with Crippen LogP contribution < -0.4 is 15.0 Å². The molecule has 1 amide bonds. The highest BCUT2D eigenvalue weighted by Crippen LogP contribution is 2.21. The largest absolute Gasteiger partial charge is 0.497 e. The lowest BCUT2D eigenvalue weighted by molar-refractivity contribution is -0.118. The van der Waals surface area contributed by atoms with Gasteiger partial charge in [0.25, 0.3) is 0 Å². The molecule has 2 rings (SSSR count). The van der Waals surface area contributed by atoms with Crippen molar-refractivity contribution < 1.29 is 13.9 Å². The summed E-state index contributed by atoms with van der Waals surface area (Å²) >= 11 is 1.48. The van der Waals surface area contributed by atoms with Crippen molar-refractivity contribution in [3.8, 4) is 5.75 Å². The number of hydrogen-bond acceptors (Lipinski definition) is 4. The SMILES string of the molecule is COc1ccc(SCC(=O)NCCCN(C)c2ccccc2F)cc1. The van der Waals surface area contributed by atoms with Crippen LogP contribution in [0.5, 0.6) is 5.75 Å². The van der Waals surface area contributed by atoms with E-state index in [1.807, 2.05) is 42.3 Å². The maximum Gasteiger partial charge on any atom is 0.230 e. The maximum absolute atomic E-state index is 13.7. The average molecular weight is 362 g/mol. The number of hydrogen-bond donors (Lipinski definition) is 1. The molecule has 0 fully saturated rings. The van der Waals surface area contributed by atoms with Gasteiger partial charge in [-0.05, 0) is 42.8 Å². The molecule has 0 bridgehead atoms. The predicted molar refractivity (Wildman–Crippen MR) is 101 cm³/mol. The minimum Gasteiger partial charge on any atom is -0.497 e. The molecule has 1 N–H and O–H groups in total. The van der Waals surface area contributed by atoms with Crippen LogP contribution >= 0.6 is 11.8 Å². The van der Waals surface area contributed by atoms with Gasteiger partial charge in [0.15, 0.2) is 0 Å². The number of halogens is 1. The fourth-order valence-corrected chi connectivity index (χ4v) is 3.03. The number of ether oxygens (including phenoxy) is 1. The number of rotatable bonds is 9. The van der Waals surface area contributed by atoms with Gasteiger partial charge >= 0.3 is 0 Å². The highest BCUT2D eigenvalue weighted by Gasteiger charge is 2.07. The molecule has 2 aromatic rings. The number of amides is 1. The van der Waals surface area contributed by atoms with E-state index in [0.717, 1.165) is 17.1 Å². The Balaban J connectivity index is 1.64. The molecule has 0 aliphatic carbocycles. The first kappa shape index (κ1) is 19.1. The van der Waals surface area contributed by atoms with Crippen molar-refractivity contribution in [3.63, 3.8) is 0 Å². The van der Waals surface area contributed by atoms with Crippen molar-refractivity contribution in [3.05, 3.63) is 54.3 Å². The quantitative estimate of drug-likeness (QED) is 0.547. The van der Waals surface area contributed by atoms with Crippen LogP contribution in [0.25, 0.3) is 0 Å². The third-order valence-electron chi connectivity index (χ3n) is 3.69. The zero-order valence-electron chi connectivity index (χ0n) is 14.5. The molecule has 134 valence electrons. The number of anilines is 1. The topological polar surface area (TPSA) is 41.6 Å². The van der Waals surface area contributed by atoms with E-state index in [4.69, 9.17) is 4.74 Å². The molecule has 0 saturated carbocycles. The second-order valence-electron chi connectivity index (χ2n) is 5.54. The number of para-hydroxylation sites is 1. The van der Waals surface area contributed by atoms with E-state index in [0.29, 0.717) is 24.5 Å². The third-order valence-corrected chi connectivity index (χ3v) is 4.70. The summed E-state index contributed by atoms with van der Waals surface area (Å²) in [5.74, 6) is 0.933. The first-order chi connectivity index (χ1) is 12.1. The van der Waals surface area contributed by atoms with Crippen molar-refractivity contribution in [2.24, 2.45) is 0 Å². The van der Waals surface area contributed by atoms with Crippen LogP contribution in [-0.4, -0.2) is 38.9 Å². The van der Waals surface area contributed by atoms with Crippen molar-refractivity contribution in [2.75, 3.05) is 37.9 Å². The van der Waals surface area contributed by atoms with Gasteiger partial charge in [0.1, 0.15) is 11.6 Å². The van der Waals surface area contributed by atoms with Gasteiger partial charge in [-0.15, -0.1) is 11.8 Å². The Kier molecular flexibility index (Phi) is 7.60. The van der Waals surface area contributed by atoms with E-state index >= 15 is 0 Å². The summed E-state index contributed by atoms with van der Waals surface area (Å²) < 4.78 is 18.8. The second-order valence-corrected chi connectivity index (χ2v) is 6.59. The number of benzene rings is 2. The normalized spacial score (nSPS) is 10.4. The summed E-state index contributed by atoms with van der Waals surface area (Å²) in [7, 11) is 3.47. The van der Waals surface area contributed by atoms with Crippen LogP contribution in [0, 0.1) is 5.82 Å². The fraction of sp³-hybridized carbons (Fsp3) is 0.316. The number of carbonyl (C=O) groups excluding carboxylic acids is 1. The van der Waals surface area contributed by atoms with Crippen molar-refractivity contribution in [1.82, 2.24) is 5.32 Å². The molecule has 0 spiro atoms. The molecule has 25 heavy (non-hydrogen) atoms. The van der Waals surface area contributed by atoms with Crippen LogP contribution in [0.15, 0.2) is 53.4 Å². The molecular weight excluding hydrogens is 339 g/mol. The molecular formula is C19H23FN2O2S. The number of carbonyl (C=O) groups is 1. The lowest BCUT2D eigenvalue weighted by atomic mass is 10.2. The van der Waals surface area contributed by atoms with Gasteiger partial charge in [-0.1, -0.05) is 12.1 Å². The van der Waals surface area contributed by atoms with E-state index < -0.39 is 0 Å². The Bertz CT molecular complexity index is 679. The minimum atomic E-state index is -0.232. The van der Waals surface area contributed by atoms with Crippen molar-refractivity contribution in [1.29, 1.82) is 0 Å². The molecule has 6 heteroatoms. The van der Waals surface area contributed by atoms with Gasteiger partial charge in [-0.3, -0.25) is 4.79 Å². The minimum absolute atomic E-state index is 0.00522. The molecule has 0 radical (unpaired) electrons. The van der Waals surface area contributed by atoms with Gasteiger partial charge in [0, 0.05) is 25.0 Å². The summed E-state index contributed by atoms with van der Waals surface area (Å²) in [6, 6.07) is 14.3. The van der Waals surface area contributed by atoms with Crippen LogP contribution in [0.4, 0.5) is 10.1 Å². The van der Waals surface area contributed by atoms with Crippen LogP contribution in [0.1, 0.15) is 6.42 Å². The summed E-state index contributed by atoms with van der Waals surface area (Å²) in [5, 5.41) is 2.89. The highest BCUT2D eigenvalue weighted by atomic mass is 32.2. The summed E-state index contributed by atoms with van der Waals surface area (Å²) in [6.45, 7) is 1.24. The Labute approximate surface area is 152 Å². The lowest BCUT2D eigenvalue weighted by Crippen LogP contribution is -2.29. The van der Waals surface area contributed by atoms with Gasteiger partial charge in [-0.2, -0.15) is 0 Å². The number of thioether (sulfide) groups is 1. The summed E-state index contributed by atoms with van der Waals surface area (Å²) in [5.41, 5.74) is 0.573. The molecule has 4 nitrogen and oxygen atoms in total. The molecule has 2 aromatic carbocycles. The van der Waals surface area contributed by atoms with Gasteiger partial charge in [0.05, 0.1) is 18.6 Å². The lowest BCUT2D eigenvalue weighted by Gasteiger charge is -2.19. The standard InChI is InChI=1S/C19H23FN2O2S/c1-22(18-7-4-3-6-17(18)20)13-5-12-21-19(23)14-25-16-10-8-15(24-2)9-11-16/h3-4,6-11H,5,12-14H2,1-2H3,(H,21,23). The van der Waals surface area contributed by atoms with Gasteiger partial charge in [0.2, 0.25) is 5.91 Å². The fourth-order valence-electron chi connectivity index (χ4n) is 2.30. The van der Waals surface area contributed by atoms with Crippen LogP contribution in [0.3, 0.4) is 0 Å². The Morgan fingerprint density at radius 2 is 1.92 bits per heavy atom. The molecule has 0 aliphatic rings. The smallest absolute Gasteiger partial charge is 0.230 e. The van der Waals surface area contributed by atoms with E-state index in [2.05, 4.69) is 5.32 Å². The maximum atomic E-state index is 13.7. The molecule has 0 aromatic heterocycles. The number of nitrogens with one attached hydrogen (secondary N) is 1. The van der Waals surface area contributed by atoms with Crippen molar-refractivity contribution >= 4 is 23.4 Å². The van der Waals surface area contributed by atoms with E-state index in [9.17, 15) is 9.18 Å². The van der Waals surface area contributed by atoms with Crippen LogP contribution in [0.2, 0.25) is 0 Å². The zero-order chi connectivity index (χ0) is 18.1. The molecule has 0 atom stereocenters. The molecule has 0 saturated heterocycles. The number of methoxy groups -OCH3 is 1. The first-order valence-electron chi connectivity index (χ1n) is 8.09. The van der Waals surface area contributed by atoms with E-state index in [1.54, 1.807) is 19.2 Å². The Morgan fingerprint density at radius 1 is 1.20 bits per heavy atom. The zero-order valence-corrected chi connectivity index (χ0v) is 15.3. The summed E-state index contributed by atoms with van der Waals surface area (Å²) in [4.78, 5) is 14.8. The van der Waals surface area contributed by atoms with Gasteiger partial charge in [-0.25, -0.2) is 4.39 Å². The molecule has 0 unspecified atom stereocenters. The van der Waals surface area contributed by atoms with Gasteiger partial charge < -0.3 is 15.0 Å². The molecule has 0 heterocycles. The Hall–Kier alpha value is -2.21. The van der Waals surface area contributed by atoms with Crippen molar-refractivity contribution in [2.45, 2.75) is 11.3 Å². The second kappa shape index (κ2) is 9.93. The third kappa shape index (κ3) is 6.31. The average Bonchev–Trinajstić information content (AvgIpc) is 2.64. The van der Waals surface area contributed by atoms with E-state index in [1.165, 1.54) is 17.8 Å². The van der Waals surface area contributed by atoms with E-state index in [-0.39, 0.29) is 11.7 Å². The predicted octanol–water partition coefficient (Wildman–Crippen LogP) is 3.57.